The molecule has 0 aliphatic carbocycles. The molecule has 234 valence electrons. The average Bonchev–Trinajstić information content (AvgIpc) is 3.01. The molecule has 44 heavy (non-hydrogen) atoms. The summed E-state index contributed by atoms with van der Waals surface area (Å²) < 4.78 is 53.2. The first-order chi connectivity index (χ1) is 21.1. The number of carbonyl (C=O) groups is 1. The number of methoxy groups -OCH3 is 1. The van der Waals surface area contributed by atoms with Crippen LogP contribution in [-0.4, -0.2) is 90.2 Å². The van der Waals surface area contributed by atoms with Crippen molar-refractivity contribution >= 4 is 11.6 Å². The zero-order valence-electron chi connectivity index (χ0n) is 25.4. The Labute approximate surface area is 255 Å². The SMILES string of the molecule is CCOc1ncccc1-c1ccc2c(n1)C(=O)N(C1CN(C)C1)C[C@]21CCN(c2ccc(OC)nc2C(F)(F)F)C[C@H]1CC. The molecule has 6 heterocycles. The summed E-state index contributed by atoms with van der Waals surface area (Å²) in [5.41, 5.74) is 1.20. The van der Waals surface area contributed by atoms with Crippen LogP contribution in [0.1, 0.15) is 48.4 Å². The Bertz CT molecular complexity index is 1550. The third-order valence-electron chi connectivity index (χ3n) is 9.37. The van der Waals surface area contributed by atoms with Gasteiger partial charge in [-0.2, -0.15) is 13.2 Å². The Morgan fingerprint density at radius 2 is 1.86 bits per heavy atom. The van der Waals surface area contributed by atoms with E-state index in [0.717, 1.165) is 18.7 Å². The number of amides is 1. The lowest BCUT2D eigenvalue weighted by Gasteiger charge is -2.56. The summed E-state index contributed by atoms with van der Waals surface area (Å²) in [5.74, 6) is 0.219. The second-order valence-corrected chi connectivity index (χ2v) is 11.9. The Balaban J connectivity index is 1.42. The highest BCUT2D eigenvalue weighted by Crippen LogP contribution is 2.49. The minimum atomic E-state index is -4.63. The molecule has 0 saturated carbocycles. The predicted molar refractivity (Wildman–Crippen MR) is 159 cm³/mol. The van der Waals surface area contributed by atoms with Gasteiger partial charge in [0.2, 0.25) is 11.8 Å². The maximum Gasteiger partial charge on any atom is 0.435 e. The summed E-state index contributed by atoms with van der Waals surface area (Å²) in [7, 11) is 3.33. The maximum absolute atomic E-state index is 14.1. The standard InChI is InChI=1S/C32H37F3N6O3/c1-5-20-16-40(25-11-12-26(43-4)38-28(25)32(33,34)35)15-13-31(20)19-41(21-17-39(3)18-21)30(42)27-23(31)9-10-24(37-27)22-8-7-14-36-29(22)44-6-2/h7-12,14,20-21H,5-6,13,15-19H2,1-4H3/t20-,31+/m1/s1. The lowest BCUT2D eigenvalue weighted by molar-refractivity contribution is -0.140. The highest BCUT2D eigenvalue weighted by Gasteiger charge is 2.53. The third-order valence-corrected chi connectivity index (χ3v) is 9.37. The van der Waals surface area contributed by atoms with Crippen LogP contribution in [0.2, 0.25) is 0 Å². The van der Waals surface area contributed by atoms with Crippen molar-refractivity contribution < 1.29 is 27.4 Å². The molecular weight excluding hydrogens is 573 g/mol. The second kappa shape index (κ2) is 11.5. The number of likely N-dealkylation sites (tertiary alicyclic amines) is 1. The number of pyridine rings is 3. The van der Waals surface area contributed by atoms with Crippen LogP contribution in [0.4, 0.5) is 18.9 Å². The fourth-order valence-electron chi connectivity index (χ4n) is 7.15. The fraction of sp³-hybridized carbons (Fsp3) is 0.500. The minimum Gasteiger partial charge on any atom is -0.481 e. The summed E-state index contributed by atoms with van der Waals surface area (Å²) in [5, 5.41) is 0. The Hall–Kier alpha value is -3.93. The van der Waals surface area contributed by atoms with Crippen LogP contribution < -0.4 is 14.4 Å². The van der Waals surface area contributed by atoms with Gasteiger partial charge in [-0.1, -0.05) is 19.4 Å². The van der Waals surface area contributed by atoms with Crippen LogP contribution in [0.5, 0.6) is 11.8 Å². The number of anilines is 1. The molecule has 12 heteroatoms. The summed E-state index contributed by atoms with van der Waals surface area (Å²) >= 11 is 0. The van der Waals surface area contributed by atoms with Gasteiger partial charge in [-0.25, -0.2) is 15.0 Å². The Morgan fingerprint density at radius 1 is 1.07 bits per heavy atom. The number of hydrogen-bond donors (Lipinski definition) is 0. The van der Waals surface area contributed by atoms with Crippen LogP contribution in [0.25, 0.3) is 11.3 Å². The molecule has 2 atom stereocenters. The molecule has 1 spiro atoms. The molecule has 0 unspecified atom stereocenters. The van der Waals surface area contributed by atoms with Crippen LogP contribution in [-0.2, 0) is 11.6 Å². The zero-order valence-corrected chi connectivity index (χ0v) is 25.4. The molecule has 3 aliphatic heterocycles. The maximum atomic E-state index is 14.1. The van der Waals surface area contributed by atoms with Gasteiger partial charge in [0.15, 0.2) is 5.69 Å². The van der Waals surface area contributed by atoms with Gasteiger partial charge in [0.25, 0.3) is 5.91 Å². The van der Waals surface area contributed by atoms with Gasteiger partial charge in [-0.15, -0.1) is 0 Å². The topological polar surface area (TPSA) is 83.9 Å². The lowest BCUT2D eigenvalue weighted by Crippen LogP contribution is -2.66. The number of hydrogen-bond acceptors (Lipinski definition) is 8. The van der Waals surface area contributed by atoms with E-state index in [1.807, 2.05) is 43.1 Å². The molecule has 0 aromatic carbocycles. The van der Waals surface area contributed by atoms with Crippen molar-refractivity contribution in [1.82, 2.24) is 24.8 Å². The summed E-state index contributed by atoms with van der Waals surface area (Å²) in [6, 6.07) is 10.6. The predicted octanol–water partition coefficient (Wildman–Crippen LogP) is 4.91. The number of nitrogens with zero attached hydrogens (tertiary/aromatic N) is 6. The largest absolute Gasteiger partial charge is 0.481 e. The molecule has 3 aromatic rings. The number of ether oxygens (including phenoxy) is 2. The number of fused-ring (bicyclic) bond motifs is 2. The number of halogens is 3. The van der Waals surface area contributed by atoms with E-state index in [-0.39, 0.29) is 29.4 Å². The van der Waals surface area contributed by atoms with E-state index in [4.69, 9.17) is 14.5 Å². The highest BCUT2D eigenvalue weighted by molar-refractivity contribution is 5.96. The first-order valence-corrected chi connectivity index (χ1v) is 15.1. The quantitative estimate of drug-likeness (QED) is 0.374. The Kier molecular flexibility index (Phi) is 7.89. The average molecular weight is 611 g/mol. The van der Waals surface area contributed by atoms with E-state index in [1.54, 1.807) is 11.1 Å². The molecule has 1 amide bonds. The molecule has 3 aromatic heterocycles. The summed E-state index contributed by atoms with van der Waals surface area (Å²) in [4.78, 5) is 33.2. The molecule has 2 saturated heterocycles. The van der Waals surface area contributed by atoms with Gasteiger partial charge in [-0.3, -0.25) is 4.79 Å². The third kappa shape index (κ3) is 5.12. The molecule has 2 fully saturated rings. The molecular formula is C32H37F3N6O3. The van der Waals surface area contributed by atoms with Crippen LogP contribution >= 0.6 is 0 Å². The van der Waals surface area contributed by atoms with Gasteiger partial charge >= 0.3 is 6.18 Å². The zero-order chi connectivity index (χ0) is 31.2. The van der Waals surface area contributed by atoms with Gasteiger partial charge in [-0.05, 0) is 56.1 Å². The van der Waals surface area contributed by atoms with Crippen molar-refractivity contribution in [2.45, 2.75) is 44.3 Å². The van der Waals surface area contributed by atoms with Gasteiger partial charge in [0.1, 0.15) is 5.69 Å². The van der Waals surface area contributed by atoms with E-state index in [2.05, 4.69) is 21.8 Å². The molecule has 0 bridgehead atoms. The summed E-state index contributed by atoms with van der Waals surface area (Å²) in [6.07, 6.45) is -1.70. The monoisotopic (exact) mass is 610 g/mol. The van der Waals surface area contributed by atoms with Gasteiger partial charge < -0.3 is 24.2 Å². The molecule has 0 N–H and O–H groups in total. The smallest absolute Gasteiger partial charge is 0.435 e. The van der Waals surface area contributed by atoms with Crippen molar-refractivity contribution in [3.63, 3.8) is 0 Å². The van der Waals surface area contributed by atoms with E-state index in [0.29, 0.717) is 61.9 Å². The first-order valence-electron chi connectivity index (χ1n) is 15.1. The molecule has 0 radical (unpaired) electrons. The number of carbonyl (C=O) groups excluding carboxylic acids is 1. The van der Waals surface area contributed by atoms with Crippen molar-refractivity contribution in [3.05, 3.63) is 59.5 Å². The van der Waals surface area contributed by atoms with Crippen LogP contribution in [0.15, 0.2) is 42.6 Å². The number of piperidine rings is 1. The van der Waals surface area contributed by atoms with Gasteiger partial charge in [0, 0.05) is 50.4 Å². The van der Waals surface area contributed by atoms with E-state index in [1.165, 1.54) is 19.2 Å². The molecule has 3 aliphatic rings. The minimum absolute atomic E-state index is 0.0448. The number of aromatic nitrogens is 3. The number of alkyl halides is 3. The van der Waals surface area contributed by atoms with Crippen molar-refractivity contribution in [2.24, 2.45) is 5.92 Å². The van der Waals surface area contributed by atoms with Crippen LogP contribution in [0.3, 0.4) is 0 Å². The molecule has 9 nitrogen and oxygen atoms in total. The van der Waals surface area contributed by atoms with E-state index < -0.39 is 17.3 Å². The normalized spacial score (nSPS) is 22.6. The second-order valence-electron chi connectivity index (χ2n) is 11.9. The summed E-state index contributed by atoms with van der Waals surface area (Å²) in [6.45, 7) is 7.19. The fourth-order valence-corrected chi connectivity index (χ4v) is 7.15. The van der Waals surface area contributed by atoms with Crippen LogP contribution in [0, 0.1) is 5.92 Å². The van der Waals surface area contributed by atoms with Crippen molar-refractivity contribution in [3.8, 4) is 23.0 Å². The lowest BCUT2D eigenvalue weighted by atomic mass is 9.62. The number of likely N-dealkylation sites (N-methyl/N-ethyl adjacent to an activating group) is 1. The number of rotatable bonds is 7. The van der Waals surface area contributed by atoms with Gasteiger partial charge in [0.05, 0.1) is 36.7 Å². The molecule has 6 rings (SSSR count). The van der Waals surface area contributed by atoms with E-state index in [9.17, 15) is 18.0 Å². The van der Waals surface area contributed by atoms with Crippen molar-refractivity contribution in [1.29, 1.82) is 0 Å². The first kappa shape index (κ1) is 30.1. The Morgan fingerprint density at radius 3 is 2.55 bits per heavy atom. The highest BCUT2D eigenvalue weighted by atomic mass is 19.4. The van der Waals surface area contributed by atoms with E-state index >= 15 is 0 Å². The van der Waals surface area contributed by atoms with Crippen molar-refractivity contribution in [2.75, 3.05) is 58.4 Å².